The Morgan fingerprint density at radius 3 is 2.42 bits per heavy atom. The van der Waals surface area contributed by atoms with E-state index in [0.29, 0.717) is 0 Å². The number of rotatable bonds is 4. The van der Waals surface area contributed by atoms with Crippen molar-refractivity contribution < 1.29 is 8.42 Å². The largest absolute Gasteiger partial charge is 0.240 e. The second kappa shape index (κ2) is 5.86. The van der Waals surface area contributed by atoms with Crippen LogP contribution in [0.5, 0.6) is 0 Å². The highest BCUT2D eigenvalue weighted by Crippen LogP contribution is 2.16. The van der Waals surface area contributed by atoms with Gasteiger partial charge in [0.2, 0.25) is 10.0 Å². The van der Waals surface area contributed by atoms with Crippen molar-refractivity contribution in [1.29, 1.82) is 0 Å². The van der Waals surface area contributed by atoms with Gasteiger partial charge in [-0.2, -0.15) is 0 Å². The van der Waals surface area contributed by atoms with Gasteiger partial charge in [-0.3, -0.25) is 0 Å². The molecule has 0 heterocycles. The molecule has 3 nitrogen and oxygen atoms in total. The predicted molar refractivity (Wildman–Crippen MR) is 79.3 cm³/mol. The molecule has 2 aromatic carbocycles. The van der Waals surface area contributed by atoms with Gasteiger partial charge in [-0.15, -0.1) is 0 Å². The van der Waals surface area contributed by atoms with Crippen LogP contribution >= 0.6 is 15.9 Å². The Morgan fingerprint density at radius 1 is 1.11 bits per heavy atom. The maximum absolute atomic E-state index is 12.1. The van der Waals surface area contributed by atoms with E-state index in [0.717, 1.165) is 15.6 Å². The first kappa shape index (κ1) is 14.2. The molecule has 0 unspecified atom stereocenters. The fourth-order valence-electron chi connectivity index (χ4n) is 1.60. The first-order valence-electron chi connectivity index (χ1n) is 5.78. The highest BCUT2D eigenvalue weighted by atomic mass is 79.9. The Kier molecular flexibility index (Phi) is 4.39. The molecule has 2 rings (SSSR count). The maximum Gasteiger partial charge on any atom is 0.240 e. The van der Waals surface area contributed by atoms with E-state index < -0.39 is 10.0 Å². The van der Waals surface area contributed by atoms with Gasteiger partial charge in [-0.05, 0) is 30.7 Å². The number of sulfonamides is 1. The van der Waals surface area contributed by atoms with Crippen molar-refractivity contribution >= 4 is 26.0 Å². The van der Waals surface area contributed by atoms with Gasteiger partial charge in [-0.25, -0.2) is 13.1 Å². The summed E-state index contributed by atoms with van der Waals surface area (Å²) < 4.78 is 27.5. The van der Waals surface area contributed by atoms with Crippen LogP contribution in [-0.2, 0) is 16.6 Å². The third kappa shape index (κ3) is 3.89. The van der Waals surface area contributed by atoms with E-state index in [1.54, 1.807) is 24.3 Å². The molecule has 0 bridgehead atoms. The lowest BCUT2D eigenvalue weighted by atomic mass is 10.2. The van der Waals surface area contributed by atoms with E-state index in [4.69, 9.17) is 0 Å². The molecule has 2 aromatic rings. The summed E-state index contributed by atoms with van der Waals surface area (Å²) >= 11 is 3.27. The van der Waals surface area contributed by atoms with Crippen LogP contribution in [0.15, 0.2) is 57.9 Å². The highest BCUT2D eigenvalue weighted by Gasteiger charge is 2.13. The summed E-state index contributed by atoms with van der Waals surface area (Å²) in [6, 6.07) is 14.4. The van der Waals surface area contributed by atoms with Crippen molar-refractivity contribution in [3.63, 3.8) is 0 Å². The highest BCUT2D eigenvalue weighted by molar-refractivity contribution is 9.10. The molecule has 1 N–H and O–H groups in total. The smallest absolute Gasteiger partial charge is 0.207 e. The van der Waals surface area contributed by atoms with Gasteiger partial charge in [0.05, 0.1) is 4.90 Å². The molecule has 0 saturated carbocycles. The van der Waals surface area contributed by atoms with Crippen LogP contribution in [0.3, 0.4) is 0 Å². The fourth-order valence-corrected chi connectivity index (χ4v) is 3.22. The Morgan fingerprint density at radius 2 is 1.79 bits per heavy atom. The van der Waals surface area contributed by atoms with Crippen molar-refractivity contribution in [1.82, 2.24) is 4.72 Å². The van der Waals surface area contributed by atoms with E-state index in [2.05, 4.69) is 20.7 Å². The fraction of sp³-hybridized carbons (Fsp3) is 0.143. The van der Waals surface area contributed by atoms with Crippen LogP contribution in [0.2, 0.25) is 0 Å². The second-order valence-electron chi connectivity index (χ2n) is 4.27. The summed E-state index contributed by atoms with van der Waals surface area (Å²) in [7, 11) is -3.47. The van der Waals surface area contributed by atoms with Gasteiger partial charge in [0.25, 0.3) is 0 Å². The number of nitrogens with one attached hydrogen (secondary N) is 1. The molecular formula is C14H14BrNO2S. The maximum atomic E-state index is 12.1. The van der Waals surface area contributed by atoms with Crippen molar-refractivity contribution in [2.24, 2.45) is 0 Å². The third-order valence-corrected chi connectivity index (χ3v) is 4.59. The summed E-state index contributed by atoms with van der Waals surface area (Å²) in [6.07, 6.45) is 0. The predicted octanol–water partition coefficient (Wildman–Crippen LogP) is 3.24. The minimum atomic E-state index is -3.47. The summed E-state index contributed by atoms with van der Waals surface area (Å²) in [6.45, 7) is 2.28. The van der Waals surface area contributed by atoms with Crippen molar-refractivity contribution in [2.45, 2.75) is 18.4 Å². The van der Waals surface area contributed by atoms with Crippen LogP contribution < -0.4 is 4.72 Å². The van der Waals surface area contributed by atoms with Gasteiger partial charge in [0.15, 0.2) is 0 Å². The molecule has 0 saturated heterocycles. The lowest BCUT2D eigenvalue weighted by Crippen LogP contribution is -2.23. The summed E-state index contributed by atoms with van der Waals surface area (Å²) in [5.41, 5.74) is 2.09. The van der Waals surface area contributed by atoms with Gasteiger partial charge in [0, 0.05) is 11.0 Å². The number of hydrogen-bond donors (Lipinski definition) is 1. The molecule has 0 aromatic heterocycles. The zero-order valence-corrected chi connectivity index (χ0v) is 12.8. The topological polar surface area (TPSA) is 46.2 Å². The number of benzene rings is 2. The number of aryl methyl sites for hydroxylation is 1. The normalized spacial score (nSPS) is 11.5. The Bertz CT molecular complexity index is 666. The Balaban J connectivity index is 2.12. The Hall–Kier alpha value is -1.17. The van der Waals surface area contributed by atoms with Crippen molar-refractivity contribution in [3.8, 4) is 0 Å². The van der Waals surface area contributed by atoms with Crippen LogP contribution in [0.25, 0.3) is 0 Å². The van der Waals surface area contributed by atoms with Gasteiger partial charge < -0.3 is 0 Å². The zero-order valence-electron chi connectivity index (χ0n) is 10.4. The third-order valence-electron chi connectivity index (χ3n) is 2.69. The molecule has 0 spiro atoms. The first-order valence-corrected chi connectivity index (χ1v) is 8.06. The molecule has 0 amide bonds. The van der Waals surface area contributed by atoms with Gasteiger partial charge in [-0.1, -0.05) is 51.8 Å². The van der Waals surface area contributed by atoms with E-state index in [1.165, 1.54) is 0 Å². The quantitative estimate of drug-likeness (QED) is 0.929. The SMILES string of the molecule is Cc1ccc(CNS(=O)(=O)c2cccc(Br)c2)cc1. The average molecular weight is 340 g/mol. The van der Waals surface area contributed by atoms with E-state index in [-0.39, 0.29) is 11.4 Å². The van der Waals surface area contributed by atoms with E-state index in [9.17, 15) is 8.42 Å². The molecular weight excluding hydrogens is 326 g/mol. The molecule has 0 radical (unpaired) electrons. The van der Waals surface area contributed by atoms with Gasteiger partial charge in [0.1, 0.15) is 0 Å². The number of halogens is 1. The molecule has 19 heavy (non-hydrogen) atoms. The van der Waals surface area contributed by atoms with Crippen LogP contribution in [0.1, 0.15) is 11.1 Å². The molecule has 5 heteroatoms. The van der Waals surface area contributed by atoms with E-state index in [1.807, 2.05) is 31.2 Å². The van der Waals surface area contributed by atoms with Crippen LogP contribution in [-0.4, -0.2) is 8.42 Å². The standard InChI is InChI=1S/C14H14BrNO2S/c1-11-5-7-12(8-6-11)10-16-19(17,18)14-4-2-3-13(15)9-14/h2-9,16H,10H2,1H3. The molecule has 0 atom stereocenters. The molecule has 0 aliphatic heterocycles. The van der Waals surface area contributed by atoms with Crippen LogP contribution in [0.4, 0.5) is 0 Å². The van der Waals surface area contributed by atoms with Gasteiger partial charge >= 0.3 is 0 Å². The summed E-state index contributed by atoms with van der Waals surface area (Å²) in [4.78, 5) is 0.258. The summed E-state index contributed by atoms with van der Waals surface area (Å²) in [5.74, 6) is 0. The minimum Gasteiger partial charge on any atom is -0.207 e. The number of hydrogen-bond acceptors (Lipinski definition) is 2. The second-order valence-corrected chi connectivity index (χ2v) is 6.95. The van der Waals surface area contributed by atoms with Crippen molar-refractivity contribution in [3.05, 3.63) is 64.1 Å². The first-order chi connectivity index (χ1) is 8.97. The minimum absolute atomic E-state index is 0.258. The van der Waals surface area contributed by atoms with Crippen LogP contribution in [0, 0.1) is 6.92 Å². The molecule has 100 valence electrons. The van der Waals surface area contributed by atoms with Crippen molar-refractivity contribution in [2.75, 3.05) is 0 Å². The average Bonchev–Trinajstić information content (AvgIpc) is 2.38. The Labute approximate surface area is 121 Å². The summed E-state index contributed by atoms with van der Waals surface area (Å²) in [5, 5.41) is 0. The zero-order chi connectivity index (χ0) is 13.9. The lowest BCUT2D eigenvalue weighted by molar-refractivity contribution is 0.581. The monoisotopic (exact) mass is 339 g/mol. The molecule has 0 aliphatic rings. The molecule has 0 aliphatic carbocycles. The molecule has 0 fully saturated rings. The van der Waals surface area contributed by atoms with E-state index >= 15 is 0 Å². The lowest BCUT2D eigenvalue weighted by Gasteiger charge is -2.07.